The average Bonchev–Trinajstić information content (AvgIpc) is 3.01. The van der Waals surface area contributed by atoms with Crippen LogP contribution in [0, 0.1) is 0 Å². The van der Waals surface area contributed by atoms with E-state index in [-0.39, 0.29) is 25.2 Å². The van der Waals surface area contributed by atoms with Gasteiger partial charge in [-0.3, -0.25) is 9.59 Å². The summed E-state index contributed by atoms with van der Waals surface area (Å²) in [5.74, 6) is -0.594. The van der Waals surface area contributed by atoms with Crippen molar-refractivity contribution in [3.8, 4) is 0 Å². The summed E-state index contributed by atoms with van der Waals surface area (Å²) >= 11 is 0. The molecule has 1 N–H and O–H groups in total. The van der Waals surface area contributed by atoms with E-state index >= 15 is 0 Å². The number of esters is 2. The predicted octanol–water partition coefficient (Wildman–Crippen LogP) is 11.3. The van der Waals surface area contributed by atoms with Crippen molar-refractivity contribution in [1.82, 2.24) is 0 Å². The van der Waals surface area contributed by atoms with Crippen molar-refractivity contribution in [2.45, 2.75) is 206 Å². The summed E-state index contributed by atoms with van der Waals surface area (Å²) in [4.78, 5) is 24.1. The van der Waals surface area contributed by atoms with E-state index in [0.717, 1.165) is 44.9 Å². The molecule has 0 unspecified atom stereocenters. The molecule has 0 radical (unpaired) electrons. The molecule has 0 saturated heterocycles. The Morgan fingerprint density at radius 1 is 0.512 bits per heavy atom. The van der Waals surface area contributed by atoms with Crippen LogP contribution in [0.15, 0.2) is 12.2 Å². The first-order valence-electron chi connectivity index (χ1n) is 18.7. The van der Waals surface area contributed by atoms with Gasteiger partial charge in [-0.15, -0.1) is 0 Å². The normalized spacial score (nSPS) is 12.2. The SMILES string of the molecule is CCCC/C=C/CCCCCCCC(=O)OC[C@H](CO)OC(=O)CCCCCCCCCCCCCCCCCCCC. The lowest BCUT2D eigenvalue weighted by molar-refractivity contribution is -0.161. The number of carbonyl (C=O) groups is 2. The zero-order valence-electron chi connectivity index (χ0n) is 28.7. The fourth-order valence-electron chi connectivity index (χ4n) is 5.42. The molecule has 0 aliphatic rings. The number of carbonyl (C=O) groups excluding carboxylic acids is 2. The number of ether oxygens (including phenoxy) is 2. The Bertz CT molecular complexity index is 617. The first kappa shape index (κ1) is 41.6. The minimum atomic E-state index is -0.766. The summed E-state index contributed by atoms with van der Waals surface area (Å²) in [6.07, 6.45) is 38.4. The minimum Gasteiger partial charge on any atom is -0.462 e. The van der Waals surface area contributed by atoms with Crippen molar-refractivity contribution in [2.75, 3.05) is 13.2 Å². The molecular weight excluding hydrogens is 536 g/mol. The van der Waals surface area contributed by atoms with E-state index in [1.54, 1.807) is 0 Å². The van der Waals surface area contributed by atoms with E-state index in [2.05, 4.69) is 26.0 Å². The predicted molar refractivity (Wildman–Crippen MR) is 182 cm³/mol. The van der Waals surface area contributed by atoms with E-state index in [1.165, 1.54) is 128 Å². The maximum absolute atomic E-state index is 12.1. The molecule has 5 nitrogen and oxygen atoms in total. The lowest BCUT2D eigenvalue weighted by Crippen LogP contribution is -2.28. The minimum absolute atomic E-state index is 0.0649. The van der Waals surface area contributed by atoms with Gasteiger partial charge in [0.05, 0.1) is 6.61 Å². The molecule has 0 aromatic carbocycles. The smallest absolute Gasteiger partial charge is 0.306 e. The highest BCUT2D eigenvalue weighted by atomic mass is 16.6. The molecular formula is C38H72O5. The highest BCUT2D eigenvalue weighted by molar-refractivity contribution is 5.70. The quantitative estimate of drug-likeness (QED) is 0.0447. The van der Waals surface area contributed by atoms with Gasteiger partial charge in [0.15, 0.2) is 6.10 Å². The lowest BCUT2D eigenvalue weighted by atomic mass is 10.0. The van der Waals surface area contributed by atoms with Gasteiger partial charge in [-0.25, -0.2) is 0 Å². The van der Waals surface area contributed by atoms with Gasteiger partial charge < -0.3 is 14.6 Å². The number of rotatable bonds is 34. The van der Waals surface area contributed by atoms with Crippen molar-refractivity contribution in [2.24, 2.45) is 0 Å². The molecule has 5 heteroatoms. The van der Waals surface area contributed by atoms with Crippen LogP contribution in [0.4, 0.5) is 0 Å². The zero-order chi connectivity index (χ0) is 31.5. The second kappa shape index (κ2) is 35.1. The van der Waals surface area contributed by atoms with E-state index in [9.17, 15) is 14.7 Å². The summed E-state index contributed by atoms with van der Waals surface area (Å²) < 4.78 is 10.6. The van der Waals surface area contributed by atoms with Crippen molar-refractivity contribution in [3.05, 3.63) is 12.2 Å². The van der Waals surface area contributed by atoms with Gasteiger partial charge in [-0.1, -0.05) is 167 Å². The van der Waals surface area contributed by atoms with E-state index in [1.807, 2.05) is 0 Å². The summed E-state index contributed by atoms with van der Waals surface area (Å²) in [6, 6.07) is 0. The summed E-state index contributed by atoms with van der Waals surface area (Å²) in [5, 5.41) is 9.52. The summed E-state index contributed by atoms with van der Waals surface area (Å²) in [7, 11) is 0. The fourth-order valence-corrected chi connectivity index (χ4v) is 5.42. The van der Waals surface area contributed by atoms with Gasteiger partial charge >= 0.3 is 11.9 Å². The van der Waals surface area contributed by atoms with Crippen LogP contribution < -0.4 is 0 Å². The molecule has 1 atom stereocenters. The highest BCUT2D eigenvalue weighted by Gasteiger charge is 2.16. The Balaban J connectivity index is 3.51. The Kier molecular flexibility index (Phi) is 34.0. The van der Waals surface area contributed by atoms with Gasteiger partial charge in [0.1, 0.15) is 6.61 Å². The molecule has 0 aliphatic heterocycles. The molecule has 0 heterocycles. The highest BCUT2D eigenvalue weighted by Crippen LogP contribution is 2.15. The number of hydrogen-bond donors (Lipinski definition) is 1. The third-order valence-electron chi connectivity index (χ3n) is 8.31. The van der Waals surface area contributed by atoms with Gasteiger partial charge in [-0.2, -0.15) is 0 Å². The largest absolute Gasteiger partial charge is 0.462 e. The van der Waals surface area contributed by atoms with Crippen molar-refractivity contribution >= 4 is 11.9 Å². The number of allylic oxidation sites excluding steroid dienone is 2. The van der Waals surface area contributed by atoms with Crippen LogP contribution in [0.3, 0.4) is 0 Å². The molecule has 43 heavy (non-hydrogen) atoms. The molecule has 0 fully saturated rings. The molecule has 254 valence electrons. The Labute approximate surface area is 267 Å². The molecule has 0 aliphatic carbocycles. The zero-order valence-corrected chi connectivity index (χ0v) is 28.7. The van der Waals surface area contributed by atoms with Crippen LogP contribution in [0.1, 0.15) is 200 Å². The van der Waals surface area contributed by atoms with Gasteiger partial charge in [0.2, 0.25) is 0 Å². The lowest BCUT2D eigenvalue weighted by Gasteiger charge is -2.15. The number of hydrogen-bond acceptors (Lipinski definition) is 5. The van der Waals surface area contributed by atoms with Crippen LogP contribution in [-0.4, -0.2) is 36.4 Å². The first-order chi connectivity index (χ1) is 21.1. The maximum Gasteiger partial charge on any atom is 0.306 e. The van der Waals surface area contributed by atoms with Crippen LogP contribution in [0.25, 0.3) is 0 Å². The monoisotopic (exact) mass is 609 g/mol. The second-order valence-electron chi connectivity index (χ2n) is 12.7. The van der Waals surface area contributed by atoms with Crippen molar-refractivity contribution in [3.63, 3.8) is 0 Å². The van der Waals surface area contributed by atoms with E-state index in [4.69, 9.17) is 9.47 Å². The fraction of sp³-hybridized carbons (Fsp3) is 0.895. The first-order valence-corrected chi connectivity index (χ1v) is 18.7. The van der Waals surface area contributed by atoms with Crippen LogP contribution in [0.5, 0.6) is 0 Å². The van der Waals surface area contributed by atoms with Gasteiger partial charge in [-0.05, 0) is 32.1 Å². The van der Waals surface area contributed by atoms with Crippen molar-refractivity contribution < 1.29 is 24.2 Å². The molecule has 0 amide bonds. The Hall–Kier alpha value is -1.36. The average molecular weight is 609 g/mol. The molecule has 0 aromatic rings. The molecule has 0 spiro atoms. The Morgan fingerprint density at radius 2 is 0.884 bits per heavy atom. The van der Waals surface area contributed by atoms with Gasteiger partial charge in [0.25, 0.3) is 0 Å². The third-order valence-corrected chi connectivity index (χ3v) is 8.31. The summed E-state index contributed by atoms with van der Waals surface area (Å²) in [6.45, 7) is 4.10. The molecule has 0 rings (SSSR count). The standard InChI is InChI=1S/C38H72O5/c1-3-5-7-9-11-13-15-16-17-18-19-20-21-23-25-27-29-31-33-38(41)43-36(34-39)35-42-37(40)32-30-28-26-24-22-14-12-10-8-6-4-2/h10,12,36,39H,3-9,11,13-35H2,1-2H3/b12-10+/t36-/m0/s1. The van der Waals surface area contributed by atoms with Crippen molar-refractivity contribution in [1.29, 1.82) is 0 Å². The second-order valence-corrected chi connectivity index (χ2v) is 12.7. The molecule has 0 aromatic heterocycles. The molecule has 0 bridgehead atoms. The summed E-state index contributed by atoms with van der Waals surface area (Å²) in [5.41, 5.74) is 0. The molecule has 0 saturated carbocycles. The van der Waals surface area contributed by atoms with E-state index < -0.39 is 6.10 Å². The third kappa shape index (κ3) is 33.4. The number of aliphatic hydroxyl groups excluding tert-OH is 1. The van der Waals surface area contributed by atoms with Crippen LogP contribution >= 0.6 is 0 Å². The number of unbranched alkanes of at least 4 members (excludes halogenated alkanes) is 24. The topological polar surface area (TPSA) is 72.8 Å². The van der Waals surface area contributed by atoms with Gasteiger partial charge in [0, 0.05) is 12.8 Å². The number of aliphatic hydroxyl groups is 1. The van der Waals surface area contributed by atoms with Crippen LogP contribution in [0.2, 0.25) is 0 Å². The van der Waals surface area contributed by atoms with Crippen LogP contribution in [-0.2, 0) is 19.1 Å². The van der Waals surface area contributed by atoms with E-state index in [0.29, 0.717) is 12.8 Å². The Morgan fingerprint density at radius 3 is 1.33 bits per heavy atom. The maximum atomic E-state index is 12.1.